The van der Waals surface area contributed by atoms with Crippen molar-refractivity contribution in [2.45, 2.75) is 13.5 Å². The quantitative estimate of drug-likeness (QED) is 0.541. The number of fused-ring (bicyclic) bond motifs is 1. The van der Waals surface area contributed by atoms with Crippen LogP contribution in [-0.2, 0) is 18.3 Å². The highest BCUT2D eigenvalue weighted by Crippen LogP contribution is 2.37. The number of ether oxygens (including phenoxy) is 3. The van der Waals surface area contributed by atoms with E-state index in [0.29, 0.717) is 29.0 Å². The van der Waals surface area contributed by atoms with E-state index in [1.54, 1.807) is 52.6 Å². The van der Waals surface area contributed by atoms with Crippen molar-refractivity contribution in [1.29, 1.82) is 0 Å². The molecule has 0 aliphatic rings. The number of hydrogen-bond donors (Lipinski definition) is 0. The Labute approximate surface area is 181 Å². The van der Waals surface area contributed by atoms with Crippen LogP contribution in [0.15, 0.2) is 41.3 Å². The molecule has 0 fully saturated rings. The molecule has 3 aromatic rings. The van der Waals surface area contributed by atoms with E-state index in [4.69, 9.17) is 14.2 Å². The summed E-state index contributed by atoms with van der Waals surface area (Å²) in [6.45, 7) is 2.67. The van der Waals surface area contributed by atoms with Gasteiger partial charge in [0.2, 0.25) is 0 Å². The highest BCUT2D eigenvalue weighted by Gasteiger charge is 2.18. The molecule has 0 unspecified atom stereocenters. The average Bonchev–Trinajstić information content (AvgIpc) is 2.75. The van der Waals surface area contributed by atoms with Gasteiger partial charge in [0.05, 0.1) is 32.0 Å². The summed E-state index contributed by atoms with van der Waals surface area (Å²) in [7, 11) is 8.91. The van der Waals surface area contributed by atoms with Crippen LogP contribution in [0.2, 0.25) is 0 Å². The number of hydrogen-bond acceptors (Lipinski definition) is 6. The third-order valence-corrected chi connectivity index (χ3v) is 5.09. The number of methoxy groups -OCH3 is 2. The van der Waals surface area contributed by atoms with Crippen LogP contribution in [0.25, 0.3) is 21.9 Å². The third kappa shape index (κ3) is 4.41. The molecule has 0 spiro atoms. The van der Waals surface area contributed by atoms with Gasteiger partial charge in [0.1, 0.15) is 11.5 Å². The van der Waals surface area contributed by atoms with Crippen LogP contribution >= 0.6 is 0 Å². The Morgan fingerprint density at radius 3 is 2.23 bits per heavy atom. The molecule has 1 aromatic heterocycles. The molecule has 0 saturated heterocycles. The Kier molecular flexibility index (Phi) is 6.65. The second-order valence-corrected chi connectivity index (χ2v) is 7.54. The summed E-state index contributed by atoms with van der Waals surface area (Å²) in [4.78, 5) is 27.0. The van der Waals surface area contributed by atoms with Crippen LogP contribution in [-0.4, -0.2) is 50.4 Å². The molecule has 0 saturated carbocycles. The maximum atomic E-state index is 12.8. The van der Waals surface area contributed by atoms with E-state index >= 15 is 0 Å². The van der Waals surface area contributed by atoms with E-state index in [9.17, 15) is 9.59 Å². The molecule has 1 heterocycles. The minimum atomic E-state index is -0.451. The number of nitrogens with zero attached hydrogens (tertiary/aromatic N) is 2. The molecule has 7 heteroatoms. The second kappa shape index (κ2) is 9.22. The summed E-state index contributed by atoms with van der Waals surface area (Å²) >= 11 is 0. The Hall–Kier alpha value is -3.32. The lowest BCUT2D eigenvalue weighted by Gasteiger charge is -2.19. The number of carbonyl (C=O) groups is 1. The van der Waals surface area contributed by atoms with Crippen LogP contribution in [0.4, 0.5) is 0 Å². The van der Waals surface area contributed by atoms with Gasteiger partial charge < -0.3 is 23.7 Å². The summed E-state index contributed by atoms with van der Waals surface area (Å²) in [6, 6.07) is 8.94. The SMILES string of the molecule is CCOC(=O)c1ccc2c(-c3cc(OC)c(CN(C)C)c(OC)c3)cn(C)c(=O)c2c1. The number of aromatic nitrogens is 1. The standard InChI is InChI=1S/C24H28N2O5/c1-7-31-24(28)15-8-9-17-18(10-15)23(27)26(4)14-19(17)16-11-21(29-5)20(13-25(2)3)22(12-16)30-6/h8-12,14H,7,13H2,1-6H3. The van der Waals surface area contributed by atoms with Crippen LogP contribution < -0.4 is 15.0 Å². The molecule has 31 heavy (non-hydrogen) atoms. The molecular formula is C24H28N2O5. The fourth-order valence-electron chi connectivity index (χ4n) is 3.65. The number of benzene rings is 2. The topological polar surface area (TPSA) is 70.0 Å². The van der Waals surface area contributed by atoms with Crippen molar-refractivity contribution in [3.8, 4) is 22.6 Å². The molecule has 0 atom stereocenters. The van der Waals surface area contributed by atoms with E-state index < -0.39 is 5.97 Å². The molecule has 0 amide bonds. The maximum absolute atomic E-state index is 12.8. The lowest BCUT2D eigenvalue weighted by molar-refractivity contribution is 0.0526. The van der Waals surface area contributed by atoms with E-state index in [1.807, 2.05) is 31.1 Å². The molecule has 0 aliphatic heterocycles. The highest BCUT2D eigenvalue weighted by atomic mass is 16.5. The Bertz CT molecular complexity index is 1160. The first kappa shape index (κ1) is 22.4. The van der Waals surface area contributed by atoms with Gasteiger partial charge in [0.25, 0.3) is 5.56 Å². The van der Waals surface area contributed by atoms with Gasteiger partial charge in [0.15, 0.2) is 0 Å². The summed E-state index contributed by atoms with van der Waals surface area (Å²) < 4.78 is 17.9. The zero-order valence-electron chi connectivity index (χ0n) is 18.8. The van der Waals surface area contributed by atoms with Gasteiger partial charge in [-0.05, 0) is 56.2 Å². The van der Waals surface area contributed by atoms with Gasteiger partial charge in [-0.3, -0.25) is 4.79 Å². The van der Waals surface area contributed by atoms with Gasteiger partial charge in [0, 0.05) is 30.7 Å². The van der Waals surface area contributed by atoms with E-state index in [2.05, 4.69) is 0 Å². The van der Waals surface area contributed by atoms with Crippen LogP contribution in [0.3, 0.4) is 0 Å². The molecule has 164 valence electrons. The largest absolute Gasteiger partial charge is 0.496 e. The van der Waals surface area contributed by atoms with Crippen molar-refractivity contribution in [2.24, 2.45) is 7.05 Å². The lowest BCUT2D eigenvalue weighted by atomic mass is 9.97. The highest BCUT2D eigenvalue weighted by molar-refractivity contribution is 6.01. The molecule has 7 nitrogen and oxygen atoms in total. The molecule has 0 bridgehead atoms. The van der Waals surface area contributed by atoms with Gasteiger partial charge >= 0.3 is 5.97 Å². The Morgan fingerprint density at radius 2 is 1.68 bits per heavy atom. The molecule has 0 aliphatic carbocycles. The number of carbonyl (C=O) groups excluding carboxylic acids is 1. The van der Waals surface area contributed by atoms with Crippen molar-refractivity contribution in [1.82, 2.24) is 9.47 Å². The molecule has 0 N–H and O–H groups in total. The van der Waals surface area contributed by atoms with Gasteiger partial charge in [-0.1, -0.05) is 6.07 Å². The van der Waals surface area contributed by atoms with Gasteiger partial charge in [-0.25, -0.2) is 4.79 Å². The third-order valence-electron chi connectivity index (χ3n) is 5.09. The molecule has 2 aromatic carbocycles. The van der Waals surface area contributed by atoms with Crippen molar-refractivity contribution in [2.75, 3.05) is 34.9 Å². The van der Waals surface area contributed by atoms with E-state index in [1.165, 1.54) is 4.57 Å². The van der Waals surface area contributed by atoms with Gasteiger partial charge in [-0.2, -0.15) is 0 Å². The first-order valence-electron chi connectivity index (χ1n) is 10.0. The number of esters is 1. The van der Waals surface area contributed by atoms with E-state index in [0.717, 1.165) is 22.1 Å². The van der Waals surface area contributed by atoms with Crippen molar-refractivity contribution < 1.29 is 19.0 Å². The average molecular weight is 424 g/mol. The minimum absolute atomic E-state index is 0.187. The van der Waals surface area contributed by atoms with Crippen LogP contribution in [0.5, 0.6) is 11.5 Å². The zero-order chi connectivity index (χ0) is 22.7. The van der Waals surface area contributed by atoms with E-state index in [-0.39, 0.29) is 12.2 Å². The first-order valence-corrected chi connectivity index (χ1v) is 10.0. The van der Waals surface area contributed by atoms with Gasteiger partial charge in [-0.15, -0.1) is 0 Å². The predicted octanol–water partition coefficient (Wildman–Crippen LogP) is 3.46. The van der Waals surface area contributed by atoms with Crippen molar-refractivity contribution in [3.63, 3.8) is 0 Å². The van der Waals surface area contributed by atoms with Crippen molar-refractivity contribution in [3.05, 3.63) is 58.0 Å². The summed E-state index contributed by atoms with van der Waals surface area (Å²) in [5.74, 6) is 0.953. The Balaban J connectivity index is 2.26. The summed E-state index contributed by atoms with van der Waals surface area (Å²) in [5.41, 5.74) is 2.78. The molecule has 3 rings (SSSR count). The minimum Gasteiger partial charge on any atom is -0.496 e. The first-order chi connectivity index (χ1) is 14.8. The number of rotatable bonds is 7. The Morgan fingerprint density at radius 1 is 1.03 bits per heavy atom. The van der Waals surface area contributed by atoms with Crippen molar-refractivity contribution >= 4 is 16.7 Å². The summed E-state index contributed by atoms with van der Waals surface area (Å²) in [5, 5.41) is 1.18. The smallest absolute Gasteiger partial charge is 0.338 e. The zero-order valence-corrected chi connectivity index (χ0v) is 18.8. The number of pyridine rings is 1. The molecule has 0 radical (unpaired) electrons. The van der Waals surface area contributed by atoms with Crippen LogP contribution in [0, 0.1) is 0 Å². The predicted molar refractivity (Wildman–Crippen MR) is 121 cm³/mol. The normalized spacial score (nSPS) is 11.1. The van der Waals surface area contributed by atoms with Crippen LogP contribution in [0.1, 0.15) is 22.8 Å². The summed E-state index contributed by atoms with van der Waals surface area (Å²) in [6.07, 6.45) is 1.79. The fourth-order valence-corrected chi connectivity index (χ4v) is 3.65. The number of aryl methyl sites for hydroxylation is 1. The fraction of sp³-hybridized carbons (Fsp3) is 0.333. The monoisotopic (exact) mass is 424 g/mol. The molecular weight excluding hydrogens is 396 g/mol. The maximum Gasteiger partial charge on any atom is 0.338 e. The lowest BCUT2D eigenvalue weighted by Crippen LogP contribution is -2.17. The second-order valence-electron chi connectivity index (χ2n) is 7.54.